The Morgan fingerprint density at radius 3 is 2.89 bits per heavy atom. The highest BCUT2D eigenvalue weighted by Gasteiger charge is 2.09. The summed E-state index contributed by atoms with van der Waals surface area (Å²) in [4.78, 5) is 15.1. The van der Waals surface area contributed by atoms with E-state index in [4.69, 9.17) is 4.74 Å². The van der Waals surface area contributed by atoms with E-state index in [0.29, 0.717) is 5.56 Å². The van der Waals surface area contributed by atoms with E-state index in [0.717, 1.165) is 0 Å². The van der Waals surface area contributed by atoms with Crippen LogP contribution < -0.4 is 15.4 Å². The predicted molar refractivity (Wildman–Crippen MR) is 68.8 cm³/mol. The lowest BCUT2D eigenvalue weighted by molar-refractivity contribution is -0.120. The lowest BCUT2D eigenvalue weighted by atomic mass is 10.2. The highest BCUT2D eigenvalue weighted by atomic mass is 35.5. The first kappa shape index (κ1) is 17.5. The summed E-state index contributed by atoms with van der Waals surface area (Å²) >= 11 is 0. The fraction of sp³-hybridized carbons (Fsp3) is 0.455. The van der Waals surface area contributed by atoms with Gasteiger partial charge in [-0.2, -0.15) is 0 Å². The third-order valence-corrected chi connectivity index (χ3v) is 2.01. The molecule has 0 bridgehead atoms. The number of nitrogens with one attached hydrogen (secondary N) is 2. The zero-order valence-corrected chi connectivity index (χ0v) is 11.2. The number of hydrogen-bond donors (Lipinski definition) is 2. The molecule has 0 saturated carbocycles. The largest absolute Gasteiger partial charge is 0.471 e. The first-order valence-electron chi connectivity index (χ1n) is 5.39. The average molecular weight is 296 g/mol. The summed E-state index contributed by atoms with van der Waals surface area (Å²) in [7, 11) is 1.65. The Hall–Kier alpha value is -1.47. The van der Waals surface area contributed by atoms with Gasteiger partial charge in [0.25, 0.3) is 6.43 Å². The Bertz CT molecular complexity index is 394. The van der Waals surface area contributed by atoms with Gasteiger partial charge < -0.3 is 15.4 Å². The fourth-order valence-corrected chi connectivity index (χ4v) is 1.25. The molecule has 0 aliphatic heterocycles. The summed E-state index contributed by atoms with van der Waals surface area (Å²) in [5.74, 6) is -0.0799. The van der Waals surface area contributed by atoms with Crippen LogP contribution in [0.3, 0.4) is 0 Å². The monoisotopic (exact) mass is 295 g/mol. The minimum absolute atomic E-state index is 0. The van der Waals surface area contributed by atoms with Gasteiger partial charge in [-0.25, -0.2) is 13.8 Å². The third kappa shape index (κ3) is 6.88. The van der Waals surface area contributed by atoms with Crippen molar-refractivity contribution in [3.8, 4) is 5.88 Å². The van der Waals surface area contributed by atoms with Crippen LogP contribution >= 0.6 is 12.4 Å². The maximum atomic E-state index is 12.0. The van der Waals surface area contributed by atoms with Gasteiger partial charge in [0.15, 0.2) is 6.61 Å². The Kier molecular flexibility index (Phi) is 8.73. The van der Waals surface area contributed by atoms with E-state index in [-0.39, 0.29) is 37.3 Å². The van der Waals surface area contributed by atoms with Crippen LogP contribution in [-0.2, 0) is 11.3 Å². The first-order valence-corrected chi connectivity index (χ1v) is 5.39. The molecule has 0 aliphatic rings. The number of aromatic nitrogens is 1. The smallest absolute Gasteiger partial charge is 0.272 e. The van der Waals surface area contributed by atoms with E-state index < -0.39 is 13.0 Å². The molecule has 5 nitrogen and oxygen atoms in total. The minimum Gasteiger partial charge on any atom is -0.471 e. The topological polar surface area (TPSA) is 63.2 Å². The van der Waals surface area contributed by atoms with Crippen molar-refractivity contribution in [2.24, 2.45) is 0 Å². The Morgan fingerprint density at radius 1 is 1.53 bits per heavy atom. The lowest BCUT2D eigenvalue weighted by Gasteiger charge is -2.10. The van der Waals surface area contributed by atoms with Crippen LogP contribution in [0.5, 0.6) is 5.88 Å². The van der Waals surface area contributed by atoms with E-state index in [1.54, 1.807) is 19.2 Å². The van der Waals surface area contributed by atoms with Gasteiger partial charge in [0.2, 0.25) is 11.8 Å². The van der Waals surface area contributed by atoms with Crippen LogP contribution in [0.2, 0.25) is 0 Å². The van der Waals surface area contributed by atoms with Crippen molar-refractivity contribution in [1.29, 1.82) is 0 Å². The van der Waals surface area contributed by atoms with E-state index in [1.165, 1.54) is 6.20 Å². The molecule has 1 aromatic rings. The van der Waals surface area contributed by atoms with Gasteiger partial charge in [-0.15, -0.1) is 12.4 Å². The second kappa shape index (κ2) is 9.46. The second-order valence-electron chi connectivity index (χ2n) is 3.48. The van der Waals surface area contributed by atoms with Crippen molar-refractivity contribution >= 4 is 18.3 Å². The second-order valence-corrected chi connectivity index (χ2v) is 3.48. The number of amides is 1. The molecule has 0 spiro atoms. The van der Waals surface area contributed by atoms with Crippen molar-refractivity contribution in [1.82, 2.24) is 15.6 Å². The predicted octanol–water partition coefficient (Wildman–Crippen LogP) is 0.983. The maximum absolute atomic E-state index is 12.0. The van der Waals surface area contributed by atoms with Gasteiger partial charge in [0.1, 0.15) is 0 Å². The Balaban J connectivity index is 0.00000324. The quantitative estimate of drug-likeness (QED) is 0.787. The van der Waals surface area contributed by atoms with Gasteiger partial charge in [0, 0.05) is 18.3 Å². The van der Waals surface area contributed by atoms with Gasteiger partial charge in [0.05, 0.1) is 6.54 Å². The molecule has 1 aromatic heterocycles. The van der Waals surface area contributed by atoms with Crippen LogP contribution in [0.15, 0.2) is 18.3 Å². The van der Waals surface area contributed by atoms with Crippen LogP contribution in [-0.4, -0.2) is 37.5 Å². The molecule has 2 N–H and O–H groups in total. The highest BCUT2D eigenvalue weighted by Crippen LogP contribution is 2.14. The lowest BCUT2D eigenvalue weighted by Crippen LogP contribution is -2.31. The average Bonchev–Trinajstić information content (AvgIpc) is 2.35. The maximum Gasteiger partial charge on any atom is 0.272 e. The summed E-state index contributed by atoms with van der Waals surface area (Å²) in [5, 5.41) is 5.32. The minimum atomic E-state index is -2.56. The van der Waals surface area contributed by atoms with Crippen molar-refractivity contribution in [3.05, 3.63) is 23.9 Å². The Labute approximate surface area is 116 Å². The van der Waals surface area contributed by atoms with E-state index >= 15 is 0 Å². The molecule has 8 heteroatoms. The van der Waals surface area contributed by atoms with Gasteiger partial charge in [-0.05, 0) is 13.1 Å². The van der Waals surface area contributed by atoms with Crippen molar-refractivity contribution in [2.45, 2.75) is 13.0 Å². The highest BCUT2D eigenvalue weighted by molar-refractivity contribution is 5.85. The number of pyridine rings is 1. The van der Waals surface area contributed by atoms with Crippen LogP contribution in [0.4, 0.5) is 8.78 Å². The third-order valence-electron chi connectivity index (χ3n) is 2.01. The molecular weight excluding hydrogens is 280 g/mol. The molecule has 0 aliphatic carbocycles. The molecule has 108 valence electrons. The molecular formula is C11H16ClF2N3O2. The SMILES string of the molecule is CNCC(=O)NCc1cccnc1OCC(F)F.Cl. The van der Waals surface area contributed by atoms with Gasteiger partial charge >= 0.3 is 0 Å². The fourth-order valence-electron chi connectivity index (χ4n) is 1.25. The summed E-state index contributed by atoms with van der Waals surface area (Å²) in [6, 6.07) is 3.31. The molecule has 19 heavy (non-hydrogen) atoms. The zero-order valence-electron chi connectivity index (χ0n) is 10.4. The summed E-state index contributed by atoms with van der Waals surface area (Å²) in [5.41, 5.74) is 0.558. The standard InChI is InChI=1S/C11H15F2N3O2.ClH/c1-14-6-10(17)16-5-8-3-2-4-15-11(8)18-7-9(12)13;/h2-4,9,14H,5-7H2,1H3,(H,16,17);1H. The number of hydrogen-bond acceptors (Lipinski definition) is 4. The number of rotatable bonds is 7. The van der Waals surface area contributed by atoms with Crippen molar-refractivity contribution in [2.75, 3.05) is 20.2 Å². The van der Waals surface area contributed by atoms with Gasteiger partial charge in [-0.3, -0.25) is 4.79 Å². The van der Waals surface area contributed by atoms with Crippen molar-refractivity contribution < 1.29 is 18.3 Å². The van der Waals surface area contributed by atoms with Crippen molar-refractivity contribution in [3.63, 3.8) is 0 Å². The number of carbonyl (C=O) groups is 1. The van der Waals surface area contributed by atoms with E-state index in [1.807, 2.05) is 0 Å². The molecule has 0 radical (unpaired) electrons. The molecule has 0 saturated heterocycles. The van der Waals surface area contributed by atoms with E-state index in [9.17, 15) is 13.6 Å². The van der Waals surface area contributed by atoms with Crippen LogP contribution in [0, 0.1) is 0 Å². The van der Waals surface area contributed by atoms with Crippen LogP contribution in [0.1, 0.15) is 5.56 Å². The molecule has 0 aromatic carbocycles. The number of likely N-dealkylation sites (N-methyl/N-ethyl adjacent to an activating group) is 1. The summed E-state index contributed by atoms with van der Waals surface area (Å²) in [6.45, 7) is -0.338. The molecule has 1 heterocycles. The number of nitrogens with zero attached hydrogens (tertiary/aromatic N) is 1. The molecule has 0 fully saturated rings. The summed E-state index contributed by atoms with van der Waals surface area (Å²) < 4.78 is 28.9. The molecule has 1 rings (SSSR count). The number of halogens is 3. The van der Waals surface area contributed by atoms with Crippen LogP contribution in [0.25, 0.3) is 0 Å². The number of alkyl halides is 2. The number of carbonyl (C=O) groups excluding carboxylic acids is 1. The zero-order chi connectivity index (χ0) is 13.4. The molecule has 0 atom stereocenters. The van der Waals surface area contributed by atoms with Gasteiger partial charge in [-0.1, -0.05) is 6.07 Å². The summed E-state index contributed by atoms with van der Waals surface area (Å²) in [6.07, 6.45) is -1.11. The molecule has 0 unspecified atom stereocenters. The number of ether oxygens (including phenoxy) is 1. The molecule has 1 amide bonds. The normalized spacial score (nSPS) is 9.89. The Morgan fingerprint density at radius 2 is 2.26 bits per heavy atom. The van der Waals surface area contributed by atoms with E-state index in [2.05, 4.69) is 15.6 Å². The first-order chi connectivity index (χ1) is 8.63.